The lowest BCUT2D eigenvalue weighted by Crippen LogP contribution is -2.42. The molecule has 1 amide bonds. The highest BCUT2D eigenvalue weighted by atomic mass is 35.5. The molecule has 0 aliphatic rings. The Morgan fingerprint density at radius 2 is 2.07 bits per heavy atom. The predicted molar refractivity (Wildman–Crippen MR) is 57.6 cm³/mol. The van der Waals surface area contributed by atoms with Crippen molar-refractivity contribution in [2.24, 2.45) is 0 Å². The lowest BCUT2D eigenvalue weighted by atomic mass is 10.3. The number of thiol groups is 1. The van der Waals surface area contributed by atoms with Gasteiger partial charge in [-0.15, -0.1) is 0 Å². The van der Waals surface area contributed by atoms with Gasteiger partial charge in [0.25, 0.3) is 0 Å². The zero-order valence-corrected chi connectivity index (χ0v) is 9.68. The van der Waals surface area contributed by atoms with Gasteiger partial charge in [0.2, 0.25) is 5.91 Å². The number of carbonyl (C=O) groups excluding carboxylic acids is 1. The first-order valence-corrected chi connectivity index (χ1v) is 4.94. The van der Waals surface area contributed by atoms with E-state index in [1.54, 1.807) is 0 Å². The standard InChI is InChI=1S/C7H9Cl2NO3S/c1-4(11)10(2-6(8)9)5(3-14)7(12)13/h2,5,14H,3H2,1H3,(H,12,13). The van der Waals surface area contributed by atoms with Crippen LogP contribution in [-0.4, -0.2) is 33.7 Å². The van der Waals surface area contributed by atoms with Crippen LogP contribution in [0.3, 0.4) is 0 Å². The molecule has 0 heterocycles. The first-order chi connectivity index (χ1) is 6.40. The molecule has 0 spiro atoms. The van der Waals surface area contributed by atoms with Crippen LogP contribution in [0, 0.1) is 0 Å². The largest absolute Gasteiger partial charge is 0.480 e. The second-order valence-electron chi connectivity index (χ2n) is 2.38. The Morgan fingerprint density at radius 1 is 1.57 bits per heavy atom. The van der Waals surface area contributed by atoms with Crippen molar-refractivity contribution < 1.29 is 14.7 Å². The molecule has 0 saturated carbocycles. The van der Waals surface area contributed by atoms with Crippen molar-refractivity contribution in [1.29, 1.82) is 0 Å². The molecule has 0 aromatic carbocycles. The van der Waals surface area contributed by atoms with Crippen LogP contribution >= 0.6 is 35.8 Å². The van der Waals surface area contributed by atoms with E-state index in [4.69, 9.17) is 28.3 Å². The second-order valence-corrected chi connectivity index (χ2v) is 3.75. The molecule has 1 N–H and O–H groups in total. The molecule has 0 saturated heterocycles. The summed E-state index contributed by atoms with van der Waals surface area (Å²) < 4.78 is -0.187. The number of carboxylic acid groups (broad SMARTS) is 1. The second kappa shape index (κ2) is 6.16. The molecule has 0 aliphatic carbocycles. The van der Waals surface area contributed by atoms with Gasteiger partial charge >= 0.3 is 5.97 Å². The van der Waals surface area contributed by atoms with E-state index < -0.39 is 17.9 Å². The molecule has 80 valence electrons. The highest BCUT2D eigenvalue weighted by Crippen LogP contribution is 2.12. The summed E-state index contributed by atoms with van der Waals surface area (Å²) >= 11 is 14.5. The van der Waals surface area contributed by atoms with Crippen LogP contribution in [0.1, 0.15) is 6.92 Å². The van der Waals surface area contributed by atoms with Gasteiger partial charge in [-0.25, -0.2) is 4.79 Å². The number of aliphatic carboxylic acids is 1. The predicted octanol–water partition coefficient (Wildman–Crippen LogP) is 1.49. The minimum atomic E-state index is -1.17. The normalized spacial score (nSPS) is 11.7. The van der Waals surface area contributed by atoms with Gasteiger partial charge in [-0.1, -0.05) is 23.2 Å². The van der Waals surface area contributed by atoms with Crippen molar-refractivity contribution in [1.82, 2.24) is 4.90 Å². The summed E-state index contributed by atoms with van der Waals surface area (Å²) in [6.45, 7) is 1.21. The average molecular weight is 258 g/mol. The van der Waals surface area contributed by atoms with Gasteiger partial charge in [0, 0.05) is 18.9 Å². The van der Waals surface area contributed by atoms with E-state index in [-0.39, 0.29) is 10.2 Å². The van der Waals surface area contributed by atoms with E-state index in [1.165, 1.54) is 6.92 Å². The number of hydrogen-bond acceptors (Lipinski definition) is 3. The minimum Gasteiger partial charge on any atom is -0.480 e. The minimum absolute atomic E-state index is 0.0214. The number of halogens is 2. The van der Waals surface area contributed by atoms with Gasteiger partial charge in [-0.2, -0.15) is 12.6 Å². The number of nitrogens with zero attached hydrogens (tertiary/aromatic N) is 1. The lowest BCUT2D eigenvalue weighted by molar-refractivity contribution is -0.146. The van der Waals surface area contributed by atoms with Crippen LogP contribution in [-0.2, 0) is 9.59 Å². The maximum absolute atomic E-state index is 11.1. The highest BCUT2D eigenvalue weighted by Gasteiger charge is 2.25. The molecule has 0 fully saturated rings. The van der Waals surface area contributed by atoms with Gasteiger partial charge in [-0.05, 0) is 0 Å². The Labute approximate surface area is 96.9 Å². The third-order valence-corrected chi connectivity index (χ3v) is 1.94. The number of hydrogen-bond donors (Lipinski definition) is 2. The van der Waals surface area contributed by atoms with E-state index in [0.717, 1.165) is 11.1 Å². The molecule has 1 atom stereocenters. The molecule has 0 rings (SSSR count). The van der Waals surface area contributed by atoms with Crippen LogP contribution in [0.5, 0.6) is 0 Å². The number of amides is 1. The monoisotopic (exact) mass is 257 g/mol. The topological polar surface area (TPSA) is 57.6 Å². The van der Waals surface area contributed by atoms with Crippen molar-refractivity contribution >= 4 is 47.7 Å². The quantitative estimate of drug-likeness (QED) is 0.751. The first-order valence-electron chi connectivity index (χ1n) is 3.55. The number of carbonyl (C=O) groups is 2. The maximum Gasteiger partial charge on any atom is 0.327 e. The molecule has 0 aliphatic heterocycles. The molecule has 14 heavy (non-hydrogen) atoms. The molecule has 0 aromatic heterocycles. The third-order valence-electron chi connectivity index (χ3n) is 1.39. The Morgan fingerprint density at radius 3 is 2.29 bits per heavy atom. The smallest absolute Gasteiger partial charge is 0.327 e. The van der Waals surface area contributed by atoms with Crippen molar-refractivity contribution in [3.63, 3.8) is 0 Å². The Hall–Kier alpha value is -0.390. The van der Waals surface area contributed by atoms with Crippen molar-refractivity contribution in [3.05, 3.63) is 10.7 Å². The Kier molecular flexibility index (Phi) is 5.99. The Bertz CT molecular complexity index is 266. The molecule has 4 nitrogen and oxygen atoms in total. The fourth-order valence-corrected chi connectivity index (χ4v) is 1.33. The van der Waals surface area contributed by atoms with E-state index >= 15 is 0 Å². The first kappa shape index (κ1) is 13.6. The van der Waals surface area contributed by atoms with Gasteiger partial charge in [0.15, 0.2) is 0 Å². The summed E-state index contributed by atoms with van der Waals surface area (Å²) in [5.74, 6) is -1.65. The Balaban J connectivity index is 4.88. The van der Waals surface area contributed by atoms with Gasteiger partial charge in [-0.3, -0.25) is 4.79 Å². The van der Waals surface area contributed by atoms with E-state index in [9.17, 15) is 9.59 Å². The molecular formula is C7H9Cl2NO3S. The summed E-state index contributed by atoms with van der Waals surface area (Å²) in [6, 6.07) is -1.07. The number of carboxylic acids is 1. The third kappa shape index (κ3) is 4.21. The molecule has 0 aromatic rings. The maximum atomic E-state index is 11.1. The van der Waals surface area contributed by atoms with E-state index in [0.29, 0.717) is 0 Å². The molecule has 0 bridgehead atoms. The summed E-state index contributed by atoms with van der Waals surface area (Å²) in [7, 11) is 0. The molecule has 0 radical (unpaired) electrons. The summed E-state index contributed by atoms with van der Waals surface area (Å²) in [6.07, 6.45) is 1.06. The molecular weight excluding hydrogens is 249 g/mol. The van der Waals surface area contributed by atoms with Crippen LogP contribution in [0.2, 0.25) is 0 Å². The molecule has 1 unspecified atom stereocenters. The van der Waals surface area contributed by atoms with Crippen molar-refractivity contribution in [2.45, 2.75) is 13.0 Å². The zero-order chi connectivity index (χ0) is 11.3. The van der Waals surface area contributed by atoms with Crippen LogP contribution in [0.4, 0.5) is 0 Å². The van der Waals surface area contributed by atoms with Crippen LogP contribution < -0.4 is 0 Å². The van der Waals surface area contributed by atoms with Gasteiger partial charge in [0.05, 0.1) is 0 Å². The summed E-state index contributed by atoms with van der Waals surface area (Å²) in [5.41, 5.74) is 0. The van der Waals surface area contributed by atoms with Gasteiger partial charge < -0.3 is 10.0 Å². The van der Waals surface area contributed by atoms with Crippen LogP contribution in [0.25, 0.3) is 0 Å². The number of rotatable bonds is 4. The van der Waals surface area contributed by atoms with Crippen molar-refractivity contribution in [2.75, 3.05) is 5.75 Å². The molecule has 7 heteroatoms. The average Bonchev–Trinajstić information content (AvgIpc) is 2.02. The lowest BCUT2D eigenvalue weighted by Gasteiger charge is -2.22. The summed E-state index contributed by atoms with van der Waals surface area (Å²) in [5, 5.41) is 8.75. The fourth-order valence-electron chi connectivity index (χ4n) is 0.791. The van der Waals surface area contributed by atoms with Crippen molar-refractivity contribution in [3.8, 4) is 0 Å². The zero-order valence-electron chi connectivity index (χ0n) is 7.28. The van der Waals surface area contributed by atoms with Gasteiger partial charge in [0.1, 0.15) is 10.5 Å². The van der Waals surface area contributed by atoms with E-state index in [1.807, 2.05) is 0 Å². The van der Waals surface area contributed by atoms with Crippen LogP contribution in [0.15, 0.2) is 10.7 Å². The SMILES string of the molecule is CC(=O)N(C=C(Cl)Cl)C(CS)C(=O)O. The fraction of sp³-hybridized carbons (Fsp3) is 0.429. The van der Waals surface area contributed by atoms with E-state index in [2.05, 4.69) is 12.6 Å². The highest BCUT2D eigenvalue weighted by molar-refractivity contribution is 7.80. The summed E-state index contributed by atoms with van der Waals surface area (Å²) in [4.78, 5) is 22.7.